The third-order valence-corrected chi connectivity index (χ3v) is 5.26. The molecule has 0 radical (unpaired) electrons. The van der Waals surface area contributed by atoms with E-state index >= 15 is 0 Å². The van der Waals surface area contributed by atoms with E-state index in [0.717, 1.165) is 31.6 Å². The normalized spacial score (nSPS) is 16.5. The van der Waals surface area contributed by atoms with Crippen molar-refractivity contribution in [3.8, 4) is 11.5 Å². The van der Waals surface area contributed by atoms with E-state index in [1.54, 1.807) is 30.3 Å². The van der Waals surface area contributed by atoms with Crippen molar-refractivity contribution in [2.24, 2.45) is 0 Å². The highest BCUT2D eigenvalue weighted by Gasteiger charge is 2.21. The highest BCUT2D eigenvalue weighted by Crippen LogP contribution is 2.17. The van der Waals surface area contributed by atoms with Crippen LogP contribution >= 0.6 is 0 Å². The zero-order valence-electron chi connectivity index (χ0n) is 17.9. The lowest BCUT2D eigenvalue weighted by Crippen LogP contribution is -2.49. The molecule has 0 bridgehead atoms. The molecule has 31 heavy (non-hydrogen) atoms. The second-order valence-electron chi connectivity index (χ2n) is 7.80. The molecule has 3 N–H and O–H groups in total. The summed E-state index contributed by atoms with van der Waals surface area (Å²) in [5, 5.41) is 22.2. The van der Waals surface area contributed by atoms with Gasteiger partial charge in [0, 0.05) is 37.4 Å². The number of phenols is 1. The number of aromatic nitrogens is 1. The molecule has 1 aliphatic heterocycles. The maximum atomic E-state index is 11.6. The number of carbonyl (C=O) groups is 1. The molecule has 168 valence electrons. The van der Waals surface area contributed by atoms with Crippen molar-refractivity contribution in [3.63, 3.8) is 0 Å². The van der Waals surface area contributed by atoms with Crippen LogP contribution in [0.2, 0.25) is 0 Å². The number of rotatable bonds is 10. The Morgan fingerprint density at radius 3 is 2.55 bits per heavy atom. The van der Waals surface area contributed by atoms with Gasteiger partial charge in [0.05, 0.1) is 18.8 Å². The van der Waals surface area contributed by atoms with E-state index in [9.17, 15) is 15.0 Å². The molecular formula is C23H31N3O5. The fraction of sp³-hybridized carbons (Fsp3) is 0.478. The van der Waals surface area contributed by atoms with E-state index in [1.165, 1.54) is 19.7 Å². The van der Waals surface area contributed by atoms with Gasteiger partial charge >= 0.3 is 5.97 Å². The monoisotopic (exact) mass is 429 g/mol. The zero-order valence-corrected chi connectivity index (χ0v) is 17.9. The van der Waals surface area contributed by atoms with Gasteiger partial charge in [-0.1, -0.05) is 6.42 Å². The minimum Gasteiger partial charge on any atom is -0.508 e. The van der Waals surface area contributed by atoms with Gasteiger partial charge in [-0.3, -0.25) is 10.4 Å². The van der Waals surface area contributed by atoms with Crippen molar-refractivity contribution in [2.45, 2.75) is 44.2 Å². The van der Waals surface area contributed by atoms with E-state index in [1.807, 2.05) is 6.07 Å². The molecule has 2 unspecified atom stereocenters. The Morgan fingerprint density at radius 2 is 1.90 bits per heavy atom. The third kappa shape index (κ3) is 7.50. The van der Waals surface area contributed by atoms with Crippen LogP contribution in [0.15, 0.2) is 42.6 Å². The maximum Gasteiger partial charge on any atom is 0.339 e. The summed E-state index contributed by atoms with van der Waals surface area (Å²) in [7, 11) is 1.34. The average molecular weight is 430 g/mol. The smallest absolute Gasteiger partial charge is 0.339 e. The van der Waals surface area contributed by atoms with E-state index in [2.05, 4.69) is 15.4 Å². The predicted molar refractivity (Wildman–Crippen MR) is 116 cm³/mol. The molecule has 0 spiro atoms. The first-order valence-corrected chi connectivity index (χ1v) is 10.7. The molecule has 2 aromatic rings. The minimum atomic E-state index is -0.676. The van der Waals surface area contributed by atoms with Gasteiger partial charge < -0.3 is 19.7 Å². The Morgan fingerprint density at radius 1 is 1.16 bits per heavy atom. The molecule has 3 rings (SSSR count). The predicted octanol–water partition coefficient (Wildman–Crippen LogP) is 2.31. The van der Waals surface area contributed by atoms with E-state index in [-0.39, 0.29) is 18.4 Å². The topological polar surface area (TPSA) is 104 Å². The Hall–Kier alpha value is -2.68. The second kappa shape index (κ2) is 11.6. The van der Waals surface area contributed by atoms with Gasteiger partial charge in [0.1, 0.15) is 18.1 Å². The molecule has 1 saturated heterocycles. The largest absolute Gasteiger partial charge is 0.508 e. The number of hydrazine groups is 1. The first kappa shape index (κ1) is 23.0. The quantitative estimate of drug-likeness (QED) is 0.494. The number of nitrogens with zero attached hydrogens (tertiary/aromatic N) is 2. The number of benzene rings is 1. The first-order valence-electron chi connectivity index (χ1n) is 10.7. The lowest BCUT2D eigenvalue weighted by Gasteiger charge is -2.32. The summed E-state index contributed by atoms with van der Waals surface area (Å²) in [6.45, 7) is 2.11. The van der Waals surface area contributed by atoms with Crippen molar-refractivity contribution < 1.29 is 24.5 Å². The Balaban J connectivity index is 1.59. The van der Waals surface area contributed by atoms with Crippen molar-refractivity contribution in [1.29, 1.82) is 0 Å². The average Bonchev–Trinajstić information content (AvgIpc) is 2.79. The van der Waals surface area contributed by atoms with Crippen LogP contribution in [-0.2, 0) is 11.2 Å². The summed E-state index contributed by atoms with van der Waals surface area (Å²) < 4.78 is 10.4. The van der Waals surface area contributed by atoms with Gasteiger partial charge in [-0.2, -0.15) is 0 Å². The number of aromatic hydroxyl groups is 1. The molecule has 1 aliphatic rings. The standard InChI is InChI=1S/C23H31N3O5/c1-30-23(29)17-5-6-18(24-15-17)13-19(25-26-11-3-2-4-12-26)14-21(28)16-31-22-9-7-20(27)8-10-22/h5-10,15,19,21,25,27-28H,2-4,11-14,16H2,1H3. The molecule has 2 heterocycles. The second-order valence-corrected chi connectivity index (χ2v) is 7.80. The fourth-order valence-electron chi connectivity index (χ4n) is 3.63. The molecule has 1 aromatic carbocycles. The van der Waals surface area contributed by atoms with Gasteiger partial charge in [0.2, 0.25) is 0 Å². The van der Waals surface area contributed by atoms with Gasteiger partial charge in [-0.05, 0) is 55.7 Å². The van der Waals surface area contributed by atoms with Crippen LogP contribution in [0.3, 0.4) is 0 Å². The maximum absolute atomic E-state index is 11.6. The minimum absolute atomic E-state index is 0.0343. The number of phenolic OH excluding ortho intramolecular Hbond substituents is 1. The Kier molecular flexibility index (Phi) is 8.63. The van der Waals surface area contributed by atoms with Crippen LogP contribution in [0.5, 0.6) is 11.5 Å². The number of aliphatic hydroxyl groups excluding tert-OH is 1. The molecule has 8 heteroatoms. The van der Waals surface area contributed by atoms with Crippen LogP contribution in [0.4, 0.5) is 0 Å². The first-order chi connectivity index (χ1) is 15.0. The summed E-state index contributed by atoms with van der Waals surface area (Å²) in [5.41, 5.74) is 4.78. The van der Waals surface area contributed by atoms with Crippen LogP contribution in [0, 0.1) is 0 Å². The number of ether oxygens (including phenoxy) is 2. The van der Waals surface area contributed by atoms with E-state index < -0.39 is 12.1 Å². The van der Waals surface area contributed by atoms with Crippen LogP contribution in [-0.4, -0.2) is 65.1 Å². The Labute approximate surface area is 182 Å². The van der Waals surface area contributed by atoms with Crippen molar-refractivity contribution in [2.75, 3.05) is 26.8 Å². The molecule has 0 saturated carbocycles. The fourth-order valence-corrected chi connectivity index (χ4v) is 3.63. The number of esters is 1. The van der Waals surface area contributed by atoms with Gasteiger partial charge in [-0.25, -0.2) is 9.80 Å². The summed E-state index contributed by atoms with van der Waals surface area (Å²) in [4.78, 5) is 16.0. The number of nitrogens with one attached hydrogen (secondary N) is 1. The summed E-state index contributed by atoms with van der Waals surface area (Å²) in [6.07, 6.45) is 5.47. The number of hydrogen-bond donors (Lipinski definition) is 3. The van der Waals surface area contributed by atoms with Crippen molar-refractivity contribution >= 4 is 5.97 Å². The highest BCUT2D eigenvalue weighted by molar-refractivity contribution is 5.88. The number of aliphatic hydroxyl groups is 1. The summed E-state index contributed by atoms with van der Waals surface area (Å²) in [5.74, 6) is 0.353. The third-order valence-electron chi connectivity index (χ3n) is 5.26. The van der Waals surface area contributed by atoms with Gasteiger partial charge in [0.25, 0.3) is 0 Å². The van der Waals surface area contributed by atoms with Gasteiger partial charge in [0.15, 0.2) is 0 Å². The van der Waals surface area contributed by atoms with Crippen LogP contribution < -0.4 is 10.2 Å². The van der Waals surface area contributed by atoms with E-state index in [0.29, 0.717) is 24.2 Å². The number of pyridine rings is 1. The number of piperidine rings is 1. The molecule has 8 nitrogen and oxygen atoms in total. The molecule has 0 aliphatic carbocycles. The number of hydrogen-bond acceptors (Lipinski definition) is 8. The zero-order chi connectivity index (χ0) is 22.1. The molecule has 1 aromatic heterocycles. The summed E-state index contributed by atoms with van der Waals surface area (Å²) in [6, 6.07) is 9.91. The molecule has 1 fully saturated rings. The van der Waals surface area contributed by atoms with Crippen molar-refractivity contribution in [3.05, 3.63) is 53.9 Å². The lowest BCUT2D eigenvalue weighted by molar-refractivity contribution is 0.0600. The van der Waals surface area contributed by atoms with Crippen LogP contribution in [0.1, 0.15) is 41.7 Å². The van der Waals surface area contributed by atoms with E-state index in [4.69, 9.17) is 9.47 Å². The van der Waals surface area contributed by atoms with Crippen molar-refractivity contribution in [1.82, 2.24) is 15.4 Å². The summed E-state index contributed by atoms with van der Waals surface area (Å²) >= 11 is 0. The highest BCUT2D eigenvalue weighted by atomic mass is 16.5. The van der Waals surface area contributed by atoms with Crippen LogP contribution in [0.25, 0.3) is 0 Å². The SMILES string of the molecule is COC(=O)c1ccc(CC(CC(O)COc2ccc(O)cc2)NN2CCCCC2)nc1. The molecule has 2 atom stereocenters. The number of methoxy groups -OCH3 is 1. The molecule has 0 amide bonds. The Bertz CT molecular complexity index is 807. The lowest BCUT2D eigenvalue weighted by atomic mass is 10.0. The van der Waals surface area contributed by atoms with Gasteiger partial charge in [-0.15, -0.1) is 0 Å². The number of carbonyl (C=O) groups excluding carboxylic acids is 1. The molecular weight excluding hydrogens is 398 g/mol.